The number of methoxy groups -OCH3 is 1. The van der Waals surface area contributed by atoms with Crippen LogP contribution in [0.1, 0.15) is 51.1 Å². The molecular formula is C24H27ClN4O2S2. The Hall–Kier alpha value is -2.42. The molecule has 1 aliphatic rings. The van der Waals surface area contributed by atoms with Crippen LogP contribution in [0.25, 0.3) is 0 Å². The number of benzene rings is 1. The summed E-state index contributed by atoms with van der Waals surface area (Å²) in [7, 11) is 1.42. The van der Waals surface area contributed by atoms with Gasteiger partial charge in [-0.3, -0.25) is 4.68 Å². The van der Waals surface area contributed by atoms with Crippen molar-refractivity contribution in [3.05, 3.63) is 62.2 Å². The first-order valence-electron chi connectivity index (χ1n) is 10.9. The van der Waals surface area contributed by atoms with Crippen molar-refractivity contribution in [2.45, 2.75) is 46.6 Å². The van der Waals surface area contributed by atoms with E-state index >= 15 is 0 Å². The Balaban J connectivity index is 1.53. The molecule has 0 bridgehead atoms. The van der Waals surface area contributed by atoms with Gasteiger partial charge in [0.1, 0.15) is 5.00 Å². The molecule has 2 aromatic heterocycles. The van der Waals surface area contributed by atoms with E-state index in [1.54, 1.807) is 11.3 Å². The predicted octanol–water partition coefficient (Wildman–Crippen LogP) is 5.98. The Labute approximate surface area is 208 Å². The van der Waals surface area contributed by atoms with Crippen LogP contribution in [-0.4, -0.2) is 28.0 Å². The Morgan fingerprint density at radius 3 is 2.73 bits per heavy atom. The topological polar surface area (TPSA) is 68.2 Å². The van der Waals surface area contributed by atoms with E-state index in [4.69, 9.17) is 28.6 Å². The molecule has 0 spiro atoms. The number of aryl methyl sites for hydroxylation is 1. The maximum atomic E-state index is 12.6. The Morgan fingerprint density at radius 1 is 1.30 bits per heavy atom. The summed E-state index contributed by atoms with van der Waals surface area (Å²) < 4.78 is 7.02. The number of esters is 1. The molecule has 2 heterocycles. The lowest BCUT2D eigenvalue weighted by Crippen LogP contribution is -2.21. The molecule has 0 saturated heterocycles. The molecule has 6 nitrogen and oxygen atoms in total. The number of ether oxygens (including phenoxy) is 1. The fourth-order valence-electron chi connectivity index (χ4n) is 4.20. The number of nitrogens with zero attached hydrogens (tertiary/aromatic N) is 2. The first-order valence-corrected chi connectivity index (χ1v) is 12.5. The van der Waals surface area contributed by atoms with Gasteiger partial charge >= 0.3 is 5.97 Å². The fourth-order valence-corrected chi connectivity index (χ4v) is 6.00. The van der Waals surface area contributed by atoms with Crippen molar-refractivity contribution in [1.29, 1.82) is 0 Å². The monoisotopic (exact) mass is 502 g/mol. The predicted molar refractivity (Wildman–Crippen MR) is 139 cm³/mol. The lowest BCUT2D eigenvalue weighted by molar-refractivity contribution is 0.0601. The average Bonchev–Trinajstić information content (AvgIpc) is 3.25. The van der Waals surface area contributed by atoms with E-state index in [9.17, 15) is 4.79 Å². The average molecular weight is 503 g/mol. The SMILES string of the molecule is COC(=O)c1c(NC(=S)Nc2c(C)nn(Cc3ccc(Cl)cc3)c2C)sc2c1CCC(C)C2. The fraction of sp³-hybridized carbons (Fsp3) is 0.375. The van der Waals surface area contributed by atoms with Gasteiger partial charge in [0.05, 0.1) is 36.3 Å². The second-order valence-corrected chi connectivity index (χ2v) is 10.4. The number of rotatable bonds is 5. The zero-order valence-electron chi connectivity index (χ0n) is 19.1. The lowest BCUT2D eigenvalue weighted by Gasteiger charge is -2.18. The summed E-state index contributed by atoms with van der Waals surface area (Å²) in [6.45, 7) is 6.83. The molecule has 0 radical (unpaired) electrons. The highest BCUT2D eigenvalue weighted by Gasteiger charge is 2.28. The quantitative estimate of drug-likeness (QED) is 0.330. The van der Waals surface area contributed by atoms with Crippen LogP contribution >= 0.6 is 35.2 Å². The van der Waals surface area contributed by atoms with Gasteiger partial charge in [-0.1, -0.05) is 30.7 Å². The van der Waals surface area contributed by atoms with Gasteiger partial charge < -0.3 is 15.4 Å². The highest BCUT2D eigenvalue weighted by atomic mass is 35.5. The molecule has 3 aromatic rings. The van der Waals surface area contributed by atoms with Gasteiger partial charge in [-0.05, 0) is 74.5 Å². The van der Waals surface area contributed by atoms with Crippen LogP contribution in [0.2, 0.25) is 5.02 Å². The minimum Gasteiger partial charge on any atom is -0.465 e. The molecule has 9 heteroatoms. The van der Waals surface area contributed by atoms with Gasteiger partial charge in [-0.15, -0.1) is 11.3 Å². The van der Waals surface area contributed by atoms with Gasteiger partial charge in [0.25, 0.3) is 0 Å². The van der Waals surface area contributed by atoms with Gasteiger partial charge in [-0.2, -0.15) is 5.10 Å². The second-order valence-electron chi connectivity index (χ2n) is 8.46. The second kappa shape index (κ2) is 9.83. The highest BCUT2D eigenvalue weighted by Crippen LogP contribution is 2.40. The molecular weight excluding hydrogens is 476 g/mol. The Morgan fingerprint density at radius 2 is 2.03 bits per heavy atom. The molecule has 1 atom stereocenters. The van der Waals surface area contributed by atoms with E-state index in [-0.39, 0.29) is 5.97 Å². The number of hydrogen-bond donors (Lipinski definition) is 2. The van der Waals surface area contributed by atoms with E-state index in [0.29, 0.717) is 28.2 Å². The molecule has 0 saturated carbocycles. The Kier molecular flexibility index (Phi) is 7.07. The number of anilines is 2. The number of fused-ring (bicyclic) bond motifs is 1. The third kappa shape index (κ3) is 5.08. The molecule has 0 fully saturated rings. The first-order chi connectivity index (χ1) is 15.8. The molecule has 1 aliphatic carbocycles. The Bertz CT molecular complexity index is 1200. The van der Waals surface area contributed by atoms with Gasteiger partial charge in [0.15, 0.2) is 5.11 Å². The number of thiocarbonyl (C=S) groups is 1. The number of aromatic nitrogens is 2. The summed E-state index contributed by atoms with van der Waals surface area (Å²) in [5.74, 6) is 0.284. The van der Waals surface area contributed by atoms with Crippen molar-refractivity contribution >= 4 is 56.9 Å². The first kappa shape index (κ1) is 23.7. The summed E-state index contributed by atoms with van der Waals surface area (Å²) in [5, 5.41) is 13.1. The number of thiophene rings is 1. The van der Waals surface area contributed by atoms with Crippen molar-refractivity contribution in [2.75, 3.05) is 17.7 Å². The van der Waals surface area contributed by atoms with Crippen molar-refractivity contribution in [2.24, 2.45) is 5.92 Å². The van der Waals surface area contributed by atoms with E-state index in [0.717, 1.165) is 52.5 Å². The number of nitrogens with one attached hydrogen (secondary N) is 2. The molecule has 4 rings (SSSR count). The van der Waals surface area contributed by atoms with E-state index in [1.807, 2.05) is 42.8 Å². The van der Waals surface area contributed by atoms with E-state index in [2.05, 4.69) is 22.7 Å². The largest absolute Gasteiger partial charge is 0.465 e. The van der Waals surface area contributed by atoms with Crippen LogP contribution in [0, 0.1) is 19.8 Å². The molecule has 1 unspecified atom stereocenters. The summed E-state index contributed by atoms with van der Waals surface area (Å²) in [6, 6.07) is 7.74. The van der Waals surface area contributed by atoms with Gasteiger partial charge in [0.2, 0.25) is 0 Å². The highest BCUT2D eigenvalue weighted by molar-refractivity contribution is 7.80. The van der Waals surface area contributed by atoms with Crippen LogP contribution in [0.3, 0.4) is 0 Å². The van der Waals surface area contributed by atoms with Crippen LogP contribution in [0.5, 0.6) is 0 Å². The summed E-state index contributed by atoms with van der Waals surface area (Å²) in [6.07, 6.45) is 2.93. The third-order valence-corrected chi connectivity index (χ3v) is 7.62. The summed E-state index contributed by atoms with van der Waals surface area (Å²) in [5.41, 5.74) is 5.49. The standard InChI is InChI=1S/C24H27ClN4O2S2/c1-13-5-10-18-19(11-13)33-22(20(18)23(30)31-4)27-24(32)26-21-14(2)28-29(15(21)3)12-16-6-8-17(25)9-7-16/h6-9,13H,5,10-12H2,1-4H3,(H2,26,27,32). The summed E-state index contributed by atoms with van der Waals surface area (Å²) in [4.78, 5) is 13.8. The lowest BCUT2D eigenvalue weighted by atomic mass is 9.88. The summed E-state index contributed by atoms with van der Waals surface area (Å²) >= 11 is 13.2. The number of carbonyl (C=O) groups excluding carboxylic acids is 1. The van der Waals surface area contributed by atoms with Crippen molar-refractivity contribution < 1.29 is 9.53 Å². The molecule has 0 amide bonds. The number of hydrogen-bond acceptors (Lipinski definition) is 5. The van der Waals surface area contributed by atoms with Crippen molar-refractivity contribution in [1.82, 2.24) is 9.78 Å². The smallest absolute Gasteiger partial charge is 0.341 e. The van der Waals surface area contributed by atoms with E-state index in [1.165, 1.54) is 12.0 Å². The molecule has 33 heavy (non-hydrogen) atoms. The molecule has 174 valence electrons. The van der Waals surface area contributed by atoms with Crippen molar-refractivity contribution in [3.63, 3.8) is 0 Å². The number of halogens is 1. The maximum Gasteiger partial charge on any atom is 0.341 e. The van der Waals surface area contributed by atoms with Crippen LogP contribution in [-0.2, 0) is 24.1 Å². The zero-order valence-corrected chi connectivity index (χ0v) is 21.5. The van der Waals surface area contributed by atoms with Crippen molar-refractivity contribution in [3.8, 4) is 0 Å². The molecule has 0 aliphatic heterocycles. The minimum atomic E-state index is -0.324. The van der Waals surface area contributed by atoms with Gasteiger partial charge in [-0.25, -0.2) is 4.79 Å². The van der Waals surface area contributed by atoms with Crippen LogP contribution in [0.4, 0.5) is 10.7 Å². The normalized spacial score (nSPS) is 15.1. The third-order valence-electron chi connectivity index (χ3n) is 5.99. The maximum absolute atomic E-state index is 12.6. The molecule has 2 N–H and O–H groups in total. The molecule has 1 aromatic carbocycles. The van der Waals surface area contributed by atoms with Crippen LogP contribution in [0.15, 0.2) is 24.3 Å². The zero-order chi connectivity index (χ0) is 23.7. The van der Waals surface area contributed by atoms with Crippen LogP contribution < -0.4 is 10.6 Å². The van der Waals surface area contributed by atoms with E-state index < -0.39 is 0 Å². The minimum absolute atomic E-state index is 0.324. The van der Waals surface area contributed by atoms with Gasteiger partial charge in [0, 0.05) is 9.90 Å². The number of carbonyl (C=O) groups is 1.